The predicted molar refractivity (Wildman–Crippen MR) is 39.0 cm³/mol. The van der Waals surface area contributed by atoms with Crippen molar-refractivity contribution < 1.29 is 25.2 Å². The molecule has 5 nitrogen and oxygen atoms in total. The number of aliphatic hydroxyl groups excluding tert-OH is 4. The molecule has 11 heavy (non-hydrogen) atoms. The van der Waals surface area contributed by atoms with E-state index < -0.39 is 29.6 Å². The summed E-state index contributed by atoms with van der Waals surface area (Å²) in [5.41, 5.74) is 0. The van der Waals surface area contributed by atoms with E-state index in [1.165, 1.54) is 0 Å². The van der Waals surface area contributed by atoms with E-state index in [2.05, 4.69) is 15.9 Å². The monoisotopic (exact) mass is 228 g/mol. The number of aliphatic hydroxyl groups is 4. The van der Waals surface area contributed by atoms with Crippen LogP contribution in [0.2, 0.25) is 0 Å². The van der Waals surface area contributed by atoms with E-state index >= 15 is 0 Å². The minimum Gasteiger partial charge on any atom is -0.394 e. The van der Waals surface area contributed by atoms with Gasteiger partial charge in [-0.05, 0) is 15.9 Å². The van der Waals surface area contributed by atoms with E-state index in [9.17, 15) is 4.79 Å². The molecule has 0 aromatic carbocycles. The largest absolute Gasteiger partial charge is 0.394 e. The fourth-order valence-electron chi connectivity index (χ4n) is 0.453. The Morgan fingerprint density at radius 2 is 1.82 bits per heavy atom. The summed E-state index contributed by atoms with van der Waals surface area (Å²) < 4.78 is -0.836. The lowest BCUT2D eigenvalue weighted by atomic mass is 10.1. The van der Waals surface area contributed by atoms with Crippen LogP contribution in [0.1, 0.15) is 0 Å². The fraction of sp³-hybridized carbons (Fsp3) is 0.800. The van der Waals surface area contributed by atoms with E-state index in [-0.39, 0.29) is 0 Å². The summed E-state index contributed by atoms with van der Waals surface area (Å²) in [6.45, 7) is -0.710. The maximum absolute atomic E-state index is 10.3. The molecular formula is C5H9BrO5. The Morgan fingerprint density at radius 3 is 2.09 bits per heavy atom. The first-order valence-corrected chi connectivity index (χ1v) is 3.64. The molecule has 3 atom stereocenters. The second kappa shape index (κ2) is 4.78. The smallest absolute Gasteiger partial charge is 0.228 e. The lowest BCUT2D eigenvalue weighted by molar-refractivity contribution is -0.130. The van der Waals surface area contributed by atoms with Gasteiger partial charge in [0.15, 0.2) is 6.10 Å². The predicted octanol–water partition coefficient (Wildman–Crippen LogP) is -2.02. The first-order valence-electron chi connectivity index (χ1n) is 2.85. The summed E-state index contributed by atoms with van der Waals surface area (Å²) in [4.78, 5) is 10.3. The van der Waals surface area contributed by atoms with Crippen LogP contribution < -0.4 is 0 Å². The third-order valence-electron chi connectivity index (χ3n) is 1.14. The molecule has 0 saturated carbocycles. The van der Waals surface area contributed by atoms with Crippen LogP contribution in [-0.4, -0.2) is 50.0 Å². The van der Waals surface area contributed by atoms with Crippen LogP contribution in [0.4, 0.5) is 0 Å². The van der Waals surface area contributed by atoms with Gasteiger partial charge in [-0.15, -0.1) is 0 Å². The van der Waals surface area contributed by atoms with Crippen molar-refractivity contribution in [3.8, 4) is 0 Å². The van der Waals surface area contributed by atoms with Gasteiger partial charge in [0.1, 0.15) is 12.2 Å². The van der Waals surface area contributed by atoms with E-state index in [0.717, 1.165) is 0 Å². The lowest BCUT2D eigenvalue weighted by Crippen LogP contribution is -2.42. The molecule has 4 N–H and O–H groups in total. The summed E-state index contributed by atoms with van der Waals surface area (Å²) in [6.07, 6.45) is -4.88. The summed E-state index contributed by atoms with van der Waals surface area (Å²) in [5.74, 6) is 0. The van der Waals surface area contributed by atoms with Gasteiger partial charge in [-0.2, -0.15) is 0 Å². The molecule has 0 aliphatic heterocycles. The van der Waals surface area contributed by atoms with Gasteiger partial charge in [-0.25, -0.2) is 0 Å². The maximum Gasteiger partial charge on any atom is 0.228 e. The topological polar surface area (TPSA) is 98.0 Å². The molecular weight excluding hydrogens is 220 g/mol. The molecule has 0 aliphatic rings. The Hall–Kier alpha value is -0.0100. The van der Waals surface area contributed by atoms with Crippen molar-refractivity contribution in [3.05, 3.63) is 0 Å². The number of carbonyl (C=O) groups is 1. The van der Waals surface area contributed by atoms with Gasteiger partial charge >= 0.3 is 0 Å². The SMILES string of the molecule is O=C(Br)[C@@H](O)[C@@H](O)[C@@H](O)CO. The Morgan fingerprint density at radius 1 is 1.36 bits per heavy atom. The molecule has 0 spiro atoms. The highest BCUT2D eigenvalue weighted by molar-refractivity contribution is 9.18. The molecule has 0 saturated heterocycles. The van der Waals surface area contributed by atoms with Crippen molar-refractivity contribution in [2.45, 2.75) is 18.3 Å². The van der Waals surface area contributed by atoms with Gasteiger partial charge in [0.05, 0.1) is 6.61 Å². The van der Waals surface area contributed by atoms with Crippen molar-refractivity contribution in [1.29, 1.82) is 0 Å². The van der Waals surface area contributed by atoms with E-state index in [1.807, 2.05) is 0 Å². The van der Waals surface area contributed by atoms with Crippen LogP contribution in [0.5, 0.6) is 0 Å². The minimum absolute atomic E-state index is 0.710. The molecule has 0 rings (SSSR count). The Balaban J connectivity index is 4.00. The quantitative estimate of drug-likeness (QED) is 0.417. The molecule has 0 bridgehead atoms. The van der Waals surface area contributed by atoms with E-state index in [0.29, 0.717) is 0 Å². The highest BCUT2D eigenvalue weighted by Crippen LogP contribution is 2.04. The Bertz CT molecular complexity index is 139. The highest BCUT2D eigenvalue weighted by atomic mass is 79.9. The summed E-state index contributed by atoms with van der Waals surface area (Å²) in [7, 11) is 0. The first kappa shape index (κ1) is 11.0. The molecule has 0 aromatic rings. The van der Waals surface area contributed by atoms with Crippen molar-refractivity contribution in [3.63, 3.8) is 0 Å². The average Bonchev–Trinajstić information content (AvgIpc) is 2.00. The second-order valence-electron chi connectivity index (χ2n) is 1.99. The average molecular weight is 229 g/mol. The van der Waals surface area contributed by atoms with Crippen LogP contribution >= 0.6 is 15.9 Å². The van der Waals surface area contributed by atoms with Crippen LogP contribution in [0, 0.1) is 0 Å². The zero-order chi connectivity index (χ0) is 9.02. The molecule has 6 heteroatoms. The number of carbonyl (C=O) groups excluding carboxylic acids is 1. The van der Waals surface area contributed by atoms with Gasteiger partial charge in [-0.3, -0.25) is 4.79 Å². The fourth-order valence-corrected chi connectivity index (χ4v) is 0.724. The molecule has 0 radical (unpaired) electrons. The normalized spacial score (nSPS) is 19.0. The van der Waals surface area contributed by atoms with Crippen LogP contribution in [0.25, 0.3) is 0 Å². The van der Waals surface area contributed by atoms with Gasteiger partial charge in [0.2, 0.25) is 4.69 Å². The first-order chi connectivity index (χ1) is 5.00. The van der Waals surface area contributed by atoms with Crippen molar-refractivity contribution >= 4 is 20.6 Å². The van der Waals surface area contributed by atoms with E-state index in [4.69, 9.17) is 20.4 Å². The third-order valence-corrected chi connectivity index (χ3v) is 1.61. The number of rotatable bonds is 4. The van der Waals surface area contributed by atoms with Crippen molar-refractivity contribution in [1.82, 2.24) is 0 Å². The van der Waals surface area contributed by atoms with Crippen LogP contribution in [0.3, 0.4) is 0 Å². The lowest BCUT2D eigenvalue weighted by Gasteiger charge is -2.18. The zero-order valence-electron chi connectivity index (χ0n) is 5.51. The van der Waals surface area contributed by atoms with Gasteiger partial charge in [0.25, 0.3) is 0 Å². The molecule has 0 aromatic heterocycles. The molecule has 0 heterocycles. The van der Waals surface area contributed by atoms with Gasteiger partial charge in [-0.1, -0.05) is 0 Å². The Kier molecular flexibility index (Phi) is 4.78. The maximum atomic E-state index is 10.3. The Labute approximate surface area is 71.4 Å². The summed E-state index contributed by atoms with van der Waals surface area (Å²) >= 11 is 2.40. The molecule has 66 valence electrons. The molecule has 0 aliphatic carbocycles. The second-order valence-corrected chi connectivity index (χ2v) is 2.77. The third kappa shape index (κ3) is 3.26. The minimum atomic E-state index is -1.71. The van der Waals surface area contributed by atoms with Crippen molar-refractivity contribution in [2.24, 2.45) is 0 Å². The van der Waals surface area contributed by atoms with Crippen molar-refractivity contribution in [2.75, 3.05) is 6.61 Å². The van der Waals surface area contributed by atoms with Crippen LogP contribution in [0.15, 0.2) is 0 Å². The van der Waals surface area contributed by atoms with E-state index in [1.54, 1.807) is 0 Å². The molecule has 0 fully saturated rings. The molecule has 0 amide bonds. The number of hydrogen-bond donors (Lipinski definition) is 4. The number of halogens is 1. The standard InChI is InChI=1S/C5H9BrO5/c6-5(11)4(10)3(9)2(8)1-7/h2-4,7-10H,1H2/t2-,3-,4-/m0/s1. The molecule has 0 unspecified atom stereocenters. The highest BCUT2D eigenvalue weighted by Gasteiger charge is 2.28. The van der Waals surface area contributed by atoms with Gasteiger partial charge < -0.3 is 20.4 Å². The number of hydrogen-bond acceptors (Lipinski definition) is 5. The summed E-state index contributed by atoms with van der Waals surface area (Å²) in [5, 5.41) is 34.6. The van der Waals surface area contributed by atoms with Crippen LogP contribution in [-0.2, 0) is 4.79 Å². The zero-order valence-corrected chi connectivity index (χ0v) is 7.10. The van der Waals surface area contributed by atoms with Gasteiger partial charge in [0, 0.05) is 0 Å². The summed E-state index contributed by atoms with van der Waals surface area (Å²) in [6, 6.07) is 0.